The molecule has 0 fully saturated rings. The van der Waals surface area contributed by atoms with Gasteiger partial charge in [-0.1, -0.05) is 0 Å². The third kappa shape index (κ3) is 3.66. The van der Waals surface area contributed by atoms with Gasteiger partial charge in [0.25, 0.3) is 0 Å². The second kappa shape index (κ2) is 6.79. The molecule has 0 aromatic heterocycles. The van der Waals surface area contributed by atoms with Crippen LogP contribution in [-0.2, 0) is 22.8 Å². The van der Waals surface area contributed by atoms with Crippen LogP contribution in [0.2, 0.25) is 0 Å². The molecule has 0 N–H and O–H groups in total. The average Bonchev–Trinajstić information content (AvgIpc) is 2.48. The Morgan fingerprint density at radius 2 is 1.80 bits per heavy atom. The minimum absolute atomic E-state index is 0. The first-order valence-corrected chi connectivity index (χ1v) is 7.26. The second-order valence-corrected chi connectivity index (χ2v) is 8.31. The SMILES string of the molecule is C[C](C)=[Zr+2][CH]1C=Cc2ccccc21.[Cl-].[Cl-]. The van der Waals surface area contributed by atoms with Crippen molar-refractivity contribution in [2.45, 2.75) is 17.5 Å². The molecule has 0 amide bonds. The van der Waals surface area contributed by atoms with Crippen LogP contribution in [0.1, 0.15) is 28.6 Å². The van der Waals surface area contributed by atoms with E-state index >= 15 is 0 Å². The van der Waals surface area contributed by atoms with Gasteiger partial charge in [0.15, 0.2) is 0 Å². The van der Waals surface area contributed by atoms with Crippen LogP contribution in [0.25, 0.3) is 6.08 Å². The Morgan fingerprint density at radius 3 is 2.47 bits per heavy atom. The molecule has 2 rings (SSSR count). The zero-order chi connectivity index (χ0) is 9.26. The Bertz CT molecular complexity index is 379. The van der Waals surface area contributed by atoms with E-state index in [1.165, 1.54) is 5.56 Å². The molecule has 79 valence electrons. The molecular formula is C12H13Cl2Zr. The molecule has 0 saturated heterocycles. The third-order valence-corrected chi connectivity index (χ3v) is 5.66. The molecule has 0 radical (unpaired) electrons. The van der Waals surface area contributed by atoms with E-state index in [0.29, 0.717) is 0 Å². The van der Waals surface area contributed by atoms with E-state index in [-0.39, 0.29) is 47.6 Å². The van der Waals surface area contributed by atoms with Crippen molar-refractivity contribution in [2.75, 3.05) is 0 Å². The van der Waals surface area contributed by atoms with Gasteiger partial charge in [0.2, 0.25) is 0 Å². The minimum atomic E-state index is -0.335. The fraction of sp³-hybridized carbons (Fsp3) is 0.250. The molecule has 1 aromatic carbocycles. The van der Waals surface area contributed by atoms with Crippen LogP contribution in [0.5, 0.6) is 0 Å². The smallest absolute Gasteiger partial charge is 1.00 e. The number of halogens is 2. The Morgan fingerprint density at radius 1 is 1.13 bits per heavy atom. The summed E-state index contributed by atoms with van der Waals surface area (Å²) in [5, 5.41) is 0. The maximum atomic E-state index is 2.39. The molecule has 0 nitrogen and oxygen atoms in total. The molecule has 1 aliphatic rings. The summed E-state index contributed by atoms with van der Waals surface area (Å²) < 4.78 is 2.47. The Balaban J connectivity index is 0.000000980. The van der Waals surface area contributed by atoms with Crippen LogP contribution in [0, 0.1) is 0 Å². The summed E-state index contributed by atoms with van der Waals surface area (Å²) in [5.74, 6) is 0. The van der Waals surface area contributed by atoms with Crippen LogP contribution < -0.4 is 24.8 Å². The monoisotopic (exact) mass is 317 g/mol. The predicted octanol–water partition coefficient (Wildman–Crippen LogP) is -2.94. The summed E-state index contributed by atoms with van der Waals surface area (Å²) in [4.78, 5) is 0. The molecule has 0 saturated carbocycles. The summed E-state index contributed by atoms with van der Waals surface area (Å²) in [6.45, 7) is 4.56. The quantitative estimate of drug-likeness (QED) is 0.520. The van der Waals surface area contributed by atoms with E-state index in [9.17, 15) is 0 Å². The maximum Gasteiger partial charge on any atom is -1.00 e. The molecule has 0 heterocycles. The van der Waals surface area contributed by atoms with Gasteiger partial charge >= 0.3 is 91.0 Å². The van der Waals surface area contributed by atoms with Crippen molar-refractivity contribution < 1.29 is 47.6 Å². The van der Waals surface area contributed by atoms with Crippen molar-refractivity contribution in [2.24, 2.45) is 0 Å². The molecule has 1 unspecified atom stereocenters. The first-order valence-electron chi connectivity index (χ1n) is 4.61. The molecule has 0 bridgehead atoms. The molecule has 3 heteroatoms. The Labute approximate surface area is 115 Å². The van der Waals surface area contributed by atoms with Crippen LogP contribution in [-0.4, -0.2) is 3.21 Å². The molecular weight excluding hydrogens is 306 g/mol. The topological polar surface area (TPSA) is 0 Å². The Hall–Kier alpha value is 0.293. The van der Waals surface area contributed by atoms with Gasteiger partial charge in [-0.15, -0.1) is 0 Å². The first-order chi connectivity index (χ1) is 6.27. The van der Waals surface area contributed by atoms with Gasteiger partial charge < -0.3 is 24.8 Å². The van der Waals surface area contributed by atoms with E-state index in [2.05, 4.69) is 50.3 Å². The second-order valence-electron chi connectivity index (χ2n) is 3.61. The predicted molar refractivity (Wildman–Crippen MR) is 54.6 cm³/mol. The van der Waals surface area contributed by atoms with Gasteiger partial charge in [-0.05, 0) is 0 Å². The van der Waals surface area contributed by atoms with E-state index in [0.717, 1.165) is 3.63 Å². The number of allylic oxidation sites excluding steroid dienone is 1. The number of hydrogen-bond donors (Lipinski definition) is 0. The van der Waals surface area contributed by atoms with Crippen molar-refractivity contribution in [1.82, 2.24) is 0 Å². The summed E-state index contributed by atoms with van der Waals surface area (Å²) in [7, 11) is 0. The number of hydrogen-bond acceptors (Lipinski definition) is 0. The van der Waals surface area contributed by atoms with Gasteiger partial charge in [0.1, 0.15) is 0 Å². The summed E-state index contributed by atoms with van der Waals surface area (Å²) in [5.41, 5.74) is 3.00. The number of rotatable bonds is 1. The first kappa shape index (κ1) is 15.3. The van der Waals surface area contributed by atoms with Crippen molar-refractivity contribution in [3.05, 3.63) is 41.5 Å². The molecule has 0 aliphatic heterocycles. The minimum Gasteiger partial charge on any atom is -1.00 e. The van der Waals surface area contributed by atoms with Gasteiger partial charge in [0, 0.05) is 0 Å². The van der Waals surface area contributed by atoms with Crippen LogP contribution in [0.15, 0.2) is 30.3 Å². The standard InChI is InChI=1S/C9H7.C3H6.2ClH.Zr/c1-2-5-9-7-3-6-8(9)4-1;1-3-2;;;/h1-7H;1-2H3;2*1H;/q;;;;+2/p-2. The number of fused-ring (bicyclic) bond motifs is 1. The van der Waals surface area contributed by atoms with Crippen molar-refractivity contribution >= 4 is 9.28 Å². The fourth-order valence-corrected chi connectivity index (χ4v) is 4.72. The van der Waals surface area contributed by atoms with E-state index in [1.807, 2.05) is 0 Å². The number of benzene rings is 1. The van der Waals surface area contributed by atoms with Gasteiger partial charge in [-0.25, -0.2) is 0 Å². The summed E-state index contributed by atoms with van der Waals surface area (Å²) >= 11 is -0.335. The maximum absolute atomic E-state index is 2.39. The van der Waals surface area contributed by atoms with Crippen LogP contribution in [0.4, 0.5) is 0 Å². The van der Waals surface area contributed by atoms with E-state index < -0.39 is 0 Å². The van der Waals surface area contributed by atoms with Crippen molar-refractivity contribution in [3.63, 3.8) is 0 Å². The molecule has 1 atom stereocenters. The third-order valence-electron chi connectivity index (χ3n) is 2.24. The fourth-order valence-electron chi connectivity index (χ4n) is 1.69. The largest absolute Gasteiger partial charge is 1.00 e. The van der Waals surface area contributed by atoms with Gasteiger partial charge in [-0.3, -0.25) is 0 Å². The normalized spacial score (nSPS) is 15.7. The van der Waals surface area contributed by atoms with Gasteiger partial charge in [0.05, 0.1) is 0 Å². The summed E-state index contributed by atoms with van der Waals surface area (Å²) in [6.07, 6.45) is 4.67. The average molecular weight is 319 g/mol. The molecule has 15 heavy (non-hydrogen) atoms. The summed E-state index contributed by atoms with van der Waals surface area (Å²) in [6, 6.07) is 8.78. The van der Waals surface area contributed by atoms with E-state index in [1.54, 1.807) is 8.77 Å². The van der Waals surface area contributed by atoms with Crippen LogP contribution >= 0.6 is 0 Å². The Kier molecular flexibility index (Phi) is 6.92. The van der Waals surface area contributed by atoms with Crippen molar-refractivity contribution in [3.8, 4) is 0 Å². The molecule has 1 aromatic rings. The zero-order valence-electron chi connectivity index (χ0n) is 8.80. The van der Waals surface area contributed by atoms with Crippen molar-refractivity contribution in [1.29, 1.82) is 0 Å². The molecule has 0 spiro atoms. The van der Waals surface area contributed by atoms with Crippen LogP contribution in [0.3, 0.4) is 0 Å². The molecule has 1 aliphatic carbocycles. The van der Waals surface area contributed by atoms with E-state index in [4.69, 9.17) is 0 Å². The zero-order valence-corrected chi connectivity index (χ0v) is 12.8. The van der Waals surface area contributed by atoms with Gasteiger partial charge in [-0.2, -0.15) is 0 Å².